The zero-order valence-corrected chi connectivity index (χ0v) is 26.2. The average molecular weight is 605 g/mol. The van der Waals surface area contributed by atoms with Gasteiger partial charge in [0.05, 0.1) is 30.8 Å². The van der Waals surface area contributed by atoms with Crippen LogP contribution in [0.5, 0.6) is 0 Å². The first-order valence-electron chi connectivity index (χ1n) is 14.6. The van der Waals surface area contributed by atoms with Gasteiger partial charge in [0.2, 0.25) is 0 Å². The summed E-state index contributed by atoms with van der Waals surface area (Å²) in [5.74, 6) is -2.04. The van der Waals surface area contributed by atoms with Crippen molar-refractivity contribution in [3.8, 4) is 0 Å². The van der Waals surface area contributed by atoms with E-state index < -0.39 is 26.0 Å². The molecule has 0 aliphatic carbocycles. The molecule has 4 aromatic rings. The van der Waals surface area contributed by atoms with Crippen molar-refractivity contribution in [1.29, 1.82) is 0 Å². The number of anilines is 1. The number of hydrogen-bond acceptors (Lipinski definition) is 6. The molecule has 1 aliphatic heterocycles. The molecule has 0 bridgehead atoms. The van der Waals surface area contributed by atoms with Gasteiger partial charge in [0.15, 0.2) is 17.7 Å². The second-order valence-corrected chi connectivity index (χ2v) is 16.5. The van der Waals surface area contributed by atoms with Crippen LogP contribution in [0.3, 0.4) is 0 Å². The van der Waals surface area contributed by atoms with Crippen LogP contribution in [0.2, 0.25) is 5.04 Å². The molecule has 9 heteroatoms. The quantitative estimate of drug-likeness (QED) is 0.151. The third kappa shape index (κ3) is 5.94. The molecule has 43 heavy (non-hydrogen) atoms. The second-order valence-electron chi connectivity index (χ2n) is 12.2. The number of hydrogen-bond donors (Lipinski definition) is 0. The highest BCUT2D eigenvalue weighted by Crippen LogP contribution is 2.40. The molecular weight excluding hydrogens is 566 g/mol. The third-order valence-corrected chi connectivity index (χ3v) is 13.1. The van der Waals surface area contributed by atoms with Gasteiger partial charge in [0.1, 0.15) is 5.76 Å². The molecule has 1 fully saturated rings. The lowest BCUT2D eigenvalue weighted by atomic mass is 9.99. The summed E-state index contributed by atoms with van der Waals surface area (Å²) < 4.78 is 50.7. The normalized spacial score (nSPS) is 18.4. The Balaban J connectivity index is 1.69. The predicted molar refractivity (Wildman–Crippen MR) is 167 cm³/mol. The van der Waals surface area contributed by atoms with Crippen molar-refractivity contribution < 1.29 is 22.4 Å². The van der Waals surface area contributed by atoms with Gasteiger partial charge >= 0.3 is 0 Å². The van der Waals surface area contributed by atoms with Crippen LogP contribution in [-0.2, 0) is 15.8 Å². The van der Waals surface area contributed by atoms with Gasteiger partial charge in [-0.15, -0.1) is 4.91 Å². The van der Waals surface area contributed by atoms with Crippen LogP contribution in [0.25, 0.3) is 0 Å². The van der Waals surface area contributed by atoms with E-state index in [0.717, 1.165) is 10.4 Å². The van der Waals surface area contributed by atoms with Crippen LogP contribution in [0, 0.1) is 16.5 Å². The summed E-state index contributed by atoms with van der Waals surface area (Å²) in [6, 6.07) is 23.5. The summed E-state index contributed by atoms with van der Waals surface area (Å²) in [7, 11) is -3.03. The topological polar surface area (TPSA) is 64.3 Å². The molecule has 1 unspecified atom stereocenters. The van der Waals surface area contributed by atoms with E-state index in [1.54, 1.807) is 6.07 Å². The molecule has 0 spiro atoms. The Labute approximate surface area is 252 Å². The molecule has 3 aromatic carbocycles. The highest BCUT2D eigenvalue weighted by atomic mass is 28.4. The van der Waals surface area contributed by atoms with Crippen molar-refractivity contribution in [2.24, 2.45) is 5.18 Å². The van der Waals surface area contributed by atoms with Crippen LogP contribution in [0.1, 0.15) is 57.5 Å². The van der Waals surface area contributed by atoms with Crippen LogP contribution < -0.4 is 15.3 Å². The van der Waals surface area contributed by atoms with Crippen molar-refractivity contribution >= 4 is 24.4 Å². The van der Waals surface area contributed by atoms with E-state index in [2.05, 4.69) is 50.2 Å². The first-order valence-corrected chi connectivity index (χ1v) is 16.5. The maximum atomic E-state index is 16.3. The van der Waals surface area contributed by atoms with Crippen molar-refractivity contribution in [3.05, 3.63) is 119 Å². The van der Waals surface area contributed by atoms with Gasteiger partial charge in [0, 0.05) is 24.2 Å². The monoisotopic (exact) mass is 604 g/mol. The maximum Gasteiger partial charge on any atom is 0.261 e. The lowest BCUT2D eigenvalue weighted by Crippen LogP contribution is -2.66. The lowest BCUT2D eigenvalue weighted by molar-refractivity contribution is -0.00553. The molecule has 3 atom stereocenters. The zero-order chi connectivity index (χ0) is 30.8. The smallest absolute Gasteiger partial charge is 0.261 e. The fraction of sp³-hybridized carbons (Fsp3) is 0.353. The molecule has 2 heterocycles. The van der Waals surface area contributed by atoms with Gasteiger partial charge in [-0.05, 0) is 47.5 Å². The van der Waals surface area contributed by atoms with Crippen LogP contribution >= 0.6 is 0 Å². The Bertz CT molecular complexity index is 1480. The molecule has 1 aliphatic rings. The van der Waals surface area contributed by atoms with E-state index in [9.17, 15) is 4.91 Å². The number of morpholine rings is 1. The summed E-state index contributed by atoms with van der Waals surface area (Å²) >= 11 is 0. The zero-order valence-electron chi connectivity index (χ0n) is 25.2. The second kappa shape index (κ2) is 12.5. The summed E-state index contributed by atoms with van der Waals surface area (Å²) in [6.07, 6.45) is 0.993. The van der Waals surface area contributed by atoms with E-state index in [0.29, 0.717) is 18.7 Å². The van der Waals surface area contributed by atoms with Crippen LogP contribution in [-0.4, -0.2) is 33.6 Å². The number of nitroso groups, excluding NO2 is 1. The average Bonchev–Trinajstić information content (AvgIpc) is 3.51. The molecule has 1 aromatic heterocycles. The molecule has 0 saturated carbocycles. The van der Waals surface area contributed by atoms with E-state index in [-0.39, 0.29) is 40.9 Å². The number of furan rings is 1. The Morgan fingerprint density at radius 2 is 1.51 bits per heavy atom. The van der Waals surface area contributed by atoms with Crippen molar-refractivity contribution in [2.75, 3.05) is 18.0 Å². The Morgan fingerprint density at radius 3 is 2.00 bits per heavy atom. The van der Waals surface area contributed by atoms with Crippen LogP contribution in [0.15, 0.2) is 94.7 Å². The fourth-order valence-corrected chi connectivity index (χ4v) is 10.9. The molecule has 0 N–H and O–H groups in total. The minimum atomic E-state index is -3.03. The van der Waals surface area contributed by atoms with Gasteiger partial charge in [-0.3, -0.25) is 0 Å². The molecule has 1 saturated heterocycles. The Morgan fingerprint density at radius 1 is 0.930 bits per heavy atom. The van der Waals surface area contributed by atoms with E-state index in [1.165, 1.54) is 18.4 Å². The van der Waals surface area contributed by atoms with Crippen molar-refractivity contribution in [1.82, 2.24) is 0 Å². The highest BCUT2D eigenvalue weighted by molar-refractivity contribution is 6.99. The first kappa shape index (κ1) is 30.8. The number of benzene rings is 3. The van der Waals surface area contributed by atoms with Gasteiger partial charge in [-0.2, -0.15) is 0 Å². The summed E-state index contributed by atoms with van der Waals surface area (Å²) in [5, 5.41) is 4.93. The summed E-state index contributed by atoms with van der Waals surface area (Å²) in [6.45, 7) is 11.0. The molecule has 6 nitrogen and oxygen atoms in total. The van der Waals surface area contributed by atoms with Crippen molar-refractivity contribution in [2.45, 2.75) is 64.5 Å². The minimum absolute atomic E-state index is 0.0172. The Kier molecular flexibility index (Phi) is 8.96. The van der Waals surface area contributed by atoms with Gasteiger partial charge in [0.25, 0.3) is 8.32 Å². The number of halogens is 2. The van der Waals surface area contributed by atoms with Crippen LogP contribution in [0.4, 0.5) is 14.5 Å². The number of ether oxygens (including phenoxy) is 1. The minimum Gasteiger partial charge on any atom is -0.467 e. The maximum absolute atomic E-state index is 16.3. The molecule has 226 valence electrons. The number of nitrogens with zero attached hydrogens (tertiary/aromatic N) is 2. The fourth-order valence-electron chi connectivity index (χ4n) is 6.36. The van der Waals surface area contributed by atoms with E-state index >= 15 is 8.78 Å². The van der Waals surface area contributed by atoms with Gasteiger partial charge in [-0.25, -0.2) is 8.78 Å². The third-order valence-electron chi connectivity index (χ3n) is 8.10. The SMILES string of the molecule is C[C@@H]1CN(c2c(CO[Si](c3ccccc3)(c3ccccc3)C(C)(C)C)cc(C(N=O)c3ccco3)c(F)c2F)C[C@H](C)O1. The molecule has 5 rings (SSSR count). The van der Waals surface area contributed by atoms with Gasteiger partial charge < -0.3 is 18.5 Å². The highest BCUT2D eigenvalue weighted by Gasteiger charge is 2.50. The largest absolute Gasteiger partial charge is 0.467 e. The predicted octanol–water partition coefficient (Wildman–Crippen LogP) is 7.10. The molecule has 0 amide bonds. The standard InChI is InChI=1S/C34H38F2N2O4Si/c1-23-20-38(21-24(2)42-23)33-25(19-28(30(35)31(33)36)32(37-39)29-17-12-18-40-29)22-41-43(34(3,4)5,26-13-8-6-9-14-26)27-15-10-7-11-16-27/h6-19,23-24,32H,20-22H2,1-5H3/t23-,24+,32?. The molecular formula is C34H38F2N2O4Si. The molecule has 0 radical (unpaired) electrons. The number of rotatable bonds is 9. The lowest BCUT2D eigenvalue weighted by Gasteiger charge is -2.43. The van der Waals surface area contributed by atoms with E-state index in [1.807, 2.05) is 55.1 Å². The van der Waals surface area contributed by atoms with E-state index in [4.69, 9.17) is 13.6 Å². The van der Waals surface area contributed by atoms with Crippen molar-refractivity contribution in [3.63, 3.8) is 0 Å². The summed E-state index contributed by atoms with van der Waals surface area (Å²) in [4.78, 5) is 13.8. The Hall–Kier alpha value is -3.66. The van der Waals surface area contributed by atoms with Gasteiger partial charge in [-0.1, -0.05) is 86.6 Å². The summed E-state index contributed by atoms with van der Waals surface area (Å²) in [5.41, 5.74) is 0.357. The first-order chi connectivity index (χ1) is 20.6.